The molecule has 2 heterocycles. The second-order valence-electron chi connectivity index (χ2n) is 9.55. The van der Waals surface area contributed by atoms with E-state index in [1.807, 2.05) is 19.1 Å². The quantitative estimate of drug-likeness (QED) is 0.380. The zero-order chi connectivity index (χ0) is 27.1. The maximum Gasteiger partial charge on any atom is 0.268 e. The van der Waals surface area contributed by atoms with E-state index < -0.39 is 11.8 Å². The summed E-state index contributed by atoms with van der Waals surface area (Å²) in [6.45, 7) is 6.34. The second kappa shape index (κ2) is 12.4. The molecule has 0 aliphatic carbocycles. The van der Waals surface area contributed by atoms with Gasteiger partial charge in [-0.1, -0.05) is 19.1 Å². The van der Waals surface area contributed by atoms with Crippen LogP contribution in [0.1, 0.15) is 54.4 Å². The Bertz CT molecular complexity index is 1260. The Hall–Kier alpha value is -4.20. The Kier molecular flexibility index (Phi) is 8.73. The highest BCUT2D eigenvalue weighted by Gasteiger charge is 2.20. The van der Waals surface area contributed by atoms with Gasteiger partial charge in [0.05, 0.1) is 26.5 Å². The van der Waals surface area contributed by atoms with E-state index >= 15 is 0 Å². The van der Waals surface area contributed by atoms with Gasteiger partial charge in [0, 0.05) is 30.4 Å². The fourth-order valence-corrected chi connectivity index (χ4v) is 4.44. The number of methoxy groups -OCH3 is 2. The number of piperidine rings is 1. The molecule has 1 saturated heterocycles. The lowest BCUT2D eigenvalue weighted by Crippen LogP contribution is -2.36. The van der Waals surface area contributed by atoms with Crippen LogP contribution in [0.2, 0.25) is 0 Å². The van der Waals surface area contributed by atoms with Crippen LogP contribution in [-0.2, 0) is 4.79 Å². The maximum absolute atomic E-state index is 13.3. The summed E-state index contributed by atoms with van der Waals surface area (Å²) in [5.41, 5.74) is 2.54. The predicted octanol–water partition coefficient (Wildman–Crippen LogP) is 5.18. The van der Waals surface area contributed by atoms with Crippen molar-refractivity contribution in [3.05, 3.63) is 83.4 Å². The van der Waals surface area contributed by atoms with Crippen molar-refractivity contribution in [3.8, 4) is 11.5 Å². The summed E-state index contributed by atoms with van der Waals surface area (Å²) in [5.74, 6) is 1.23. The average molecular weight is 518 g/mol. The summed E-state index contributed by atoms with van der Waals surface area (Å²) in [4.78, 5) is 28.8. The highest BCUT2D eigenvalue weighted by Crippen LogP contribution is 2.28. The molecule has 200 valence electrons. The third-order valence-electron chi connectivity index (χ3n) is 6.86. The van der Waals surface area contributed by atoms with Crippen LogP contribution >= 0.6 is 0 Å². The van der Waals surface area contributed by atoms with E-state index in [1.165, 1.54) is 45.1 Å². The molecule has 4 rings (SSSR count). The number of rotatable bonds is 9. The number of carbonyl (C=O) groups excluding carboxylic acids is 2. The monoisotopic (exact) mass is 517 g/mol. The Labute approximate surface area is 223 Å². The van der Waals surface area contributed by atoms with E-state index in [0.717, 1.165) is 24.6 Å². The molecule has 8 heteroatoms. The molecule has 0 spiro atoms. The van der Waals surface area contributed by atoms with Crippen molar-refractivity contribution in [3.63, 3.8) is 0 Å². The lowest BCUT2D eigenvalue weighted by atomic mass is 9.98. The zero-order valence-corrected chi connectivity index (χ0v) is 22.3. The van der Waals surface area contributed by atoms with Crippen molar-refractivity contribution in [1.29, 1.82) is 0 Å². The van der Waals surface area contributed by atoms with Gasteiger partial charge in [0.25, 0.3) is 11.8 Å². The van der Waals surface area contributed by atoms with Crippen molar-refractivity contribution in [2.75, 3.05) is 32.2 Å². The molecule has 0 unspecified atom stereocenters. The number of hydrogen-bond acceptors (Lipinski definition) is 6. The molecule has 1 aromatic heterocycles. The molecule has 1 aliphatic rings. The molecule has 0 saturated carbocycles. The highest BCUT2D eigenvalue weighted by molar-refractivity contribution is 6.05. The summed E-state index contributed by atoms with van der Waals surface area (Å²) in [5, 5.41) is 5.71. The molecule has 8 nitrogen and oxygen atoms in total. The van der Waals surface area contributed by atoms with E-state index in [-0.39, 0.29) is 11.7 Å². The summed E-state index contributed by atoms with van der Waals surface area (Å²) >= 11 is 0. The van der Waals surface area contributed by atoms with Crippen LogP contribution < -0.4 is 25.0 Å². The van der Waals surface area contributed by atoms with Crippen molar-refractivity contribution in [2.45, 2.75) is 32.7 Å². The topological polar surface area (TPSA) is 93.0 Å². The molecule has 2 aromatic carbocycles. The van der Waals surface area contributed by atoms with E-state index in [4.69, 9.17) is 13.9 Å². The molecule has 1 aliphatic heterocycles. The van der Waals surface area contributed by atoms with Gasteiger partial charge in [-0.25, -0.2) is 0 Å². The fourth-order valence-electron chi connectivity index (χ4n) is 4.44. The van der Waals surface area contributed by atoms with Crippen LogP contribution in [0.25, 0.3) is 6.08 Å². The number of hydrogen-bond donors (Lipinski definition) is 2. The first-order valence-electron chi connectivity index (χ1n) is 12.8. The molecular weight excluding hydrogens is 482 g/mol. The molecule has 3 aromatic rings. The van der Waals surface area contributed by atoms with Gasteiger partial charge < -0.3 is 29.4 Å². The van der Waals surface area contributed by atoms with Gasteiger partial charge >= 0.3 is 0 Å². The molecule has 1 fully saturated rings. The normalized spacial score (nSPS) is 15.1. The number of carbonyl (C=O) groups is 2. The Morgan fingerprint density at radius 1 is 1.03 bits per heavy atom. The SMILES string of the molecule is COc1ccc(C(=O)N/C(=C\c2ccco2)C(=O)N[C@H](C)c2ccc(N3CCC(C)CC3)cc2)cc1OC. The lowest BCUT2D eigenvalue weighted by molar-refractivity contribution is -0.118. The van der Waals surface area contributed by atoms with Crippen molar-refractivity contribution in [2.24, 2.45) is 5.92 Å². The van der Waals surface area contributed by atoms with Crippen LogP contribution in [0.3, 0.4) is 0 Å². The molecular formula is C30H35N3O5. The van der Waals surface area contributed by atoms with E-state index in [9.17, 15) is 9.59 Å². The van der Waals surface area contributed by atoms with Crippen LogP contribution in [0, 0.1) is 5.92 Å². The minimum Gasteiger partial charge on any atom is -0.493 e. The summed E-state index contributed by atoms with van der Waals surface area (Å²) in [6.07, 6.45) is 5.41. The number of furan rings is 1. The fraction of sp³-hybridized carbons (Fsp3) is 0.333. The smallest absolute Gasteiger partial charge is 0.268 e. The van der Waals surface area contributed by atoms with Gasteiger partial charge in [-0.15, -0.1) is 0 Å². The van der Waals surface area contributed by atoms with E-state index in [0.29, 0.717) is 22.8 Å². The van der Waals surface area contributed by atoms with Gasteiger partial charge in [-0.2, -0.15) is 0 Å². The Balaban J connectivity index is 1.47. The Morgan fingerprint density at radius 3 is 2.37 bits per heavy atom. The molecule has 0 bridgehead atoms. The first kappa shape index (κ1) is 26.9. The number of anilines is 1. The van der Waals surface area contributed by atoms with Gasteiger partial charge in [0.2, 0.25) is 0 Å². The number of amides is 2. The van der Waals surface area contributed by atoms with E-state index in [2.05, 4.69) is 34.6 Å². The van der Waals surface area contributed by atoms with E-state index in [1.54, 1.807) is 30.3 Å². The predicted molar refractivity (Wildman–Crippen MR) is 147 cm³/mol. The third-order valence-corrected chi connectivity index (χ3v) is 6.86. The number of nitrogens with zero attached hydrogens (tertiary/aromatic N) is 1. The van der Waals surface area contributed by atoms with Crippen molar-refractivity contribution >= 4 is 23.6 Å². The van der Waals surface area contributed by atoms with Crippen LogP contribution in [0.4, 0.5) is 5.69 Å². The lowest BCUT2D eigenvalue weighted by Gasteiger charge is -2.32. The summed E-state index contributed by atoms with van der Waals surface area (Å²) in [6, 6.07) is 16.2. The van der Waals surface area contributed by atoms with Crippen LogP contribution in [0.5, 0.6) is 11.5 Å². The van der Waals surface area contributed by atoms with Crippen LogP contribution in [0.15, 0.2) is 71.0 Å². The average Bonchev–Trinajstić information content (AvgIpc) is 3.46. The summed E-state index contributed by atoms with van der Waals surface area (Å²) < 4.78 is 15.9. The van der Waals surface area contributed by atoms with Gasteiger partial charge in [-0.3, -0.25) is 9.59 Å². The first-order valence-corrected chi connectivity index (χ1v) is 12.8. The van der Waals surface area contributed by atoms with Crippen molar-refractivity contribution < 1.29 is 23.5 Å². The number of nitrogens with one attached hydrogen (secondary N) is 2. The maximum atomic E-state index is 13.3. The second-order valence-corrected chi connectivity index (χ2v) is 9.55. The highest BCUT2D eigenvalue weighted by atomic mass is 16.5. The molecule has 38 heavy (non-hydrogen) atoms. The molecule has 0 radical (unpaired) electrons. The third kappa shape index (κ3) is 6.56. The summed E-state index contributed by atoms with van der Waals surface area (Å²) in [7, 11) is 3.02. The number of ether oxygens (including phenoxy) is 2. The standard InChI is InChI=1S/C30H35N3O5/c1-20-13-15-33(16-14-20)24-10-7-22(8-11-24)21(2)31-30(35)26(19-25-6-5-17-38-25)32-29(34)23-9-12-27(36-3)28(18-23)37-4/h5-12,17-21H,13-16H2,1-4H3,(H,31,35)(H,32,34)/b26-19-/t21-/m1/s1. The molecule has 1 atom stereocenters. The van der Waals surface area contributed by atoms with Crippen molar-refractivity contribution in [1.82, 2.24) is 10.6 Å². The number of benzene rings is 2. The van der Waals surface area contributed by atoms with Crippen LogP contribution in [-0.4, -0.2) is 39.1 Å². The minimum atomic E-state index is -0.466. The Morgan fingerprint density at radius 2 is 1.74 bits per heavy atom. The molecule has 2 amide bonds. The van der Waals surface area contributed by atoms with Gasteiger partial charge in [0.1, 0.15) is 11.5 Å². The van der Waals surface area contributed by atoms with Gasteiger partial charge in [0.15, 0.2) is 11.5 Å². The largest absolute Gasteiger partial charge is 0.493 e. The molecule has 2 N–H and O–H groups in total. The zero-order valence-electron chi connectivity index (χ0n) is 22.3. The minimum absolute atomic E-state index is 0.0608. The van der Waals surface area contributed by atoms with Gasteiger partial charge in [-0.05, 0) is 73.7 Å². The first-order chi connectivity index (χ1) is 18.4.